The minimum atomic E-state index is -1.32. The van der Waals surface area contributed by atoms with Crippen molar-refractivity contribution >= 4 is 12.0 Å². The van der Waals surface area contributed by atoms with Gasteiger partial charge in [-0.2, -0.15) is 0 Å². The van der Waals surface area contributed by atoms with E-state index in [9.17, 15) is 9.59 Å². The summed E-state index contributed by atoms with van der Waals surface area (Å²) < 4.78 is 5.03. The van der Waals surface area contributed by atoms with Crippen LogP contribution in [0.4, 0.5) is 4.79 Å². The number of methoxy groups -OCH3 is 1. The number of carbonyl (C=O) groups excluding carboxylic acids is 1. The monoisotopic (exact) mass is 282 g/mol. The van der Waals surface area contributed by atoms with Gasteiger partial charge in [0.25, 0.3) is 0 Å². The van der Waals surface area contributed by atoms with Gasteiger partial charge in [0.2, 0.25) is 0 Å². The van der Waals surface area contributed by atoms with Gasteiger partial charge in [-0.05, 0) is 24.6 Å². The number of ether oxygens (including phenoxy) is 1. The fourth-order valence-electron chi connectivity index (χ4n) is 1.56. The molecule has 0 aliphatic heterocycles. The number of hydrogen-bond donors (Lipinski definition) is 4. The number of amides is 2. The van der Waals surface area contributed by atoms with Crippen LogP contribution in [0, 0.1) is 0 Å². The average Bonchev–Trinajstić information content (AvgIpc) is 2.44. The van der Waals surface area contributed by atoms with Crippen molar-refractivity contribution in [2.45, 2.75) is 19.0 Å². The van der Waals surface area contributed by atoms with Crippen molar-refractivity contribution in [2.24, 2.45) is 0 Å². The average molecular weight is 282 g/mol. The molecule has 0 bridgehead atoms. The Balaban J connectivity index is 2.58. The molecule has 7 nitrogen and oxygen atoms in total. The van der Waals surface area contributed by atoms with Crippen LogP contribution in [-0.2, 0) is 4.79 Å². The molecule has 1 unspecified atom stereocenters. The van der Waals surface area contributed by atoms with Gasteiger partial charge in [0.05, 0.1) is 19.8 Å². The van der Waals surface area contributed by atoms with Gasteiger partial charge < -0.3 is 25.6 Å². The number of nitrogens with one attached hydrogen (secondary N) is 2. The first kappa shape index (κ1) is 15.8. The molecule has 0 aliphatic rings. The van der Waals surface area contributed by atoms with Gasteiger partial charge in [0.1, 0.15) is 5.75 Å². The molecule has 7 heteroatoms. The second-order valence-electron chi connectivity index (χ2n) is 4.19. The highest BCUT2D eigenvalue weighted by Crippen LogP contribution is 2.16. The largest absolute Gasteiger partial charge is 0.497 e. The van der Waals surface area contributed by atoms with Crippen molar-refractivity contribution < 1.29 is 24.5 Å². The number of carbonyl (C=O) groups is 2. The minimum absolute atomic E-state index is 0.311. The molecular weight excluding hydrogens is 264 g/mol. The maximum atomic E-state index is 11.6. The molecule has 1 rings (SSSR count). The van der Waals surface area contributed by atoms with E-state index in [1.165, 1.54) is 0 Å². The van der Waals surface area contributed by atoms with Gasteiger partial charge in [-0.1, -0.05) is 12.1 Å². The lowest BCUT2D eigenvalue weighted by Crippen LogP contribution is -2.48. The minimum Gasteiger partial charge on any atom is -0.497 e. The third-order valence-electron chi connectivity index (χ3n) is 2.75. The number of aliphatic carboxylic acids is 1. The van der Waals surface area contributed by atoms with Gasteiger partial charge in [-0.15, -0.1) is 0 Å². The standard InChI is InChI=1S/C13H18N2O5/c1-8(9-3-5-10(20-2)6-4-9)14-13(19)15-11(7-16)12(17)18/h3-6,8,11,16H,7H2,1-2H3,(H,17,18)(H2,14,15,19)/t8?,11-/m1/s1. The third kappa shape index (κ3) is 4.43. The zero-order valence-corrected chi connectivity index (χ0v) is 11.3. The quantitative estimate of drug-likeness (QED) is 0.607. The van der Waals surface area contributed by atoms with Crippen LogP contribution < -0.4 is 15.4 Å². The normalized spacial score (nSPS) is 13.2. The smallest absolute Gasteiger partial charge is 0.328 e. The number of rotatable bonds is 6. The maximum absolute atomic E-state index is 11.6. The van der Waals surface area contributed by atoms with E-state index in [0.29, 0.717) is 5.75 Å². The Hall–Kier alpha value is -2.28. The van der Waals surface area contributed by atoms with Crippen LogP contribution >= 0.6 is 0 Å². The molecule has 2 atom stereocenters. The molecule has 1 aromatic rings. The molecule has 0 saturated carbocycles. The molecule has 2 amide bonds. The zero-order valence-electron chi connectivity index (χ0n) is 11.3. The number of carboxylic acid groups (broad SMARTS) is 1. The van der Waals surface area contributed by atoms with Crippen molar-refractivity contribution in [1.29, 1.82) is 0 Å². The Kier molecular flexibility index (Phi) is 5.79. The van der Waals surface area contributed by atoms with E-state index in [0.717, 1.165) is 5.56 Å². The number of benzene rings is 1. The van der Waals surface area contributed by atoms with E-state index in [4.69, 9.17) is 14.9 Å². The summed E-state index contributed by atoms with van der Waals surface area (Å²) in [7, 11) is 1.56. The van der Waals surface area contributed by atoms with E-state index >= 15 is 0 Å². The molecule has 0 aromatic heterocycles. The fraction of sp³-hybridized carbons (Fsp3) is 0.385. The van der Waals surface area contributed by atoms with Crippen molar-refractivity contribution in [3.05, 3.63) is 29.8 Å². The highest BCUT2D eigenvalue weighted by atomic mass is 16.5. The van der Waals surface area contributed by atoms with Gasteiger partial charge in [-0.3, -0.25) is 0 Å². The number of hydrogen-bond acceptors (Lipinski definition) is 4. The Morgan fingerprint density at radius 1 is 1.25 bits per heavy atom. The summed E-state index contributed by atoms with van der Waals surface area (Å²) in [6.07, 6.45) is 0. The maximum Gasteiger partial charge on any atom is 0.328 e. The second kappa shape index (κ2) is 7.34. The molecule has 0 radical (unpaired) electrons. The molecule has 4 N–H and O–H groups in total. The molecular formula is C13H18N2O5. The Labute approximate surface area is 116 Å². The zero-order chi connectivity index (χ0) is 15.1. The van der Waals surface area contributed by atoms with Crippen LogP contribution in [0.5, 0.6) is 5.75 Å². The summed E-state index contributed by atoms with van der Waals surface area (Å²) in [6.45, 7) is 1.09. The van der Waals surface area contributed by atoms with Gasteiger partial charge in [-0.25, -0.2) is 9.59 Å². The number of urea groups is 1. The van der Waals surface area contributed by atoms with Crippen molar-refractivity contribution in [2.75, 3.05) is 13.7 Å². The lowest BCUT2D eigenvalue weighted by atomic mass is 10.1. The first-order valence-corrected chi connectivity index (χ1v) is 6.02. The van der Waals surface area contributed by atoms with Crippen LogP contribution in [0.15, 0.2) is 24.3 Å². The predicted molar refractivity (Wildman–Crippen MR) is 71.6 cm³/mol. The molecule has 110 valence electrons. The highest BCUT2D eigenvalue weighted by Gasteiger charge is 2.19. The SMILES string of the molecule is COc1ccc(C(C)NC(=O)N[C@H](CO)C(=O)O)cc1. The number of aliphatic hydroxyl groups is 1. The Morgan fingerprint density at radius 3 is 2.30 bits per heavy atom. The van der Waals surface area contributed by atoms with E-state index in [1.807, 2.05) is 0 Å². The number of carboxylic acids is 1. The van der Waals surface area contributed by atoms with Crippen LogP contribution in [0.2, 0.25) is 0 Å². The first-order valence-electron chi connectivity index (χ1n) is 6.02. The number of aliphatic hydroxyl groups excluding tert-OH is 1. The van der Waals surface area contributed by atoms with Crippen molar-refractivity contribution in [3.63, 3.8) is 0 Å². The van der Waals surface area contributed by atoms with Crippen molar-refractivity contribution in [3.8, 4) is 5.75 Å². The summed E-state index contributed by atoms with van der Waals surface area (Å²) in [5.41, 5.74) is 0.844. The summed E-state index contributed by atoms with van der Waals surface area (Å²) >= 11 is 0. The highest BCUT2D eigenvalue weighted by molar-refractivity contribution is 5.82. The van der Waals surface area contributed by atoms with Crippen LogP contribution in [0.1, 0.15) is 18.5 Å². The fourth-order valence-corrected chi connectivity index (χ4v) is 1.56. The van der Waals surface area contributed by atoms with Gasteiger partial charge in [0.15, 0.2) is 6.04 Å². The van der Waals surface area contributed by atoms with Crippen molar-refractivity contribution in [1.82, 2.24) is 10.6 Å². The third-order valence-corrected chi connectivity index (χ3v) is 2.75. The molecule has 1 aromatic carbocycles. The second-order valence-corrected chi connectivity index (χ2v) is 4.19. The van der Waals surface area contributed by atoms with Crippen LogP contribution in [0.3, 0.4) is 0 Å². The summed E-state index contributed by atoms with van der Waals surface area (Å²) in [6, 6.07) is 4.83. The predicted octanol–water partition coefficient (Wildman–Crippen LogP) is 0.501. The summed E-state index contributed by atoms with van der Waals surface area (Å²) in [4.78, 5) is 22.3. The molecule has 20 heavy (non-hydrogen) atoms. The first-order chi connectivity index (χ1) is 9.47. The summed E-state index contributed by atoms with van der Waals surface area (Å²) in [5, 5.41) is 22.3. The van der Waals surface area contributed by atoms with Crippen LogP contribution in [-0.4, -0.2) is 42.0 Å². The summed E-state index contributed by atoms with van der Waals surface area (Å²) in [5.74, 6) is -0.587. The van der Waals surface area contributed by atoms with Gasteiger partial charge >= 0.3 is 12.0 Å². The molecule has 0 saturated heterocycles. The molecule has 0 heterocycles. The topological polar surface area (TPSA) is 108 Å². The van der Waals surface area contributed by atoms with E-state index < -0.39 is 24.6 Å². The Morgan fingerprint density at radius 2 is 1.85 bits per heavy atom. The van der Waals surface area contributed by atoms with Crippen LogP contribution in [0.25, 0.3) is 0 Å². The molecule has 0 spiro atoms. The molecule has 0 fully saturated rings. The Bertz CT molecular complexity index is 460. The molecule has 0 aliphatic carbocycles. The lowest BCUT2D eigenvalue weighted by molar-refractivity contribution is -0.140. The van der Waals surface area contributed by atoms with E-state index in [1.54, 1.807) is 38.3 Å². The lowest BCUT2D eigenvalue weighted by Gasteiger charge is -2.17. The van der Waals surface area contributed by atoms with E-state index in [2.05, 4.69) is 10.6 Å². The van der Waals surface area contributed by atoms with E-state index in [-0.39, 0.29) is 6.04 Å². The van der Waals surface area contributed by atoms with Gasteiger partial charge in [0, 0.05) is 0 Å².